The van der Waals surface area contributed by atoms with Crippen LogP contribution in [0.4, 0.5) is 0 Å². The first-order valence-corrected chi connectivity index (χ1v) is 8.37. The molecule has 0 spiro atoms. The van der Waals surface area contributed by atoms with Crippen molar-refractivity contribution in [3.8, 4) is 0 Å². The fourth-order valence-corrected chi connectivity index (χ4v) is 3.35. The second kappa shape index (κ2) is 8.25. The van der Waals surface area contributed by atoms with E-state index in [1.165, 1.54) is 12.3 Å². The molecular weight excluding hydrogens is 281 g/mol. The number of unbranched alkanes of at least 4 members (excludes halogenated alkanes) is 1. The summed E-state index contributed by atoms with van der Waals surface area (Å²) in [6.07, 6.45) is 3.25. The molecule has 0 saturated carbocycles. The van der Waals surface area contributed by atoms with Gasteiger partial charge in [-0.1, -0.05) is 13.3 Å². The maximum Gasteiger partial charge on any atom is 0.378 e. The van der Waals surface area contributed by atoms with Crippen LogP contribution in [0.1, 0.15) is 44.0 Å². The molecule has 7 heteroatoms. The van der Waals surface area contributed by atoms with Crippen LogP contribution in [0.2, 0.25) is 0 Å². The SMILES string of the molecule is CCCCOC(=O)c1cc[nH]c1P(=O)(OCC)OCC. The van der Waals surface area contributed by atoms with Crippen molar-refractivity contribution in [3.05, 3.63) is 17.8 Å². The normalized spacial score (nSPS) is 11.6. The van der Waals surface area contributed by atoms with Gasteiger partial charge in [-0.2, -0.15) is 0 Å². The van der Waals surface area contributed by atoms with Gasteiger partial charge in [0.25, 0.3) is 0 Å². The zero-order valence-corrected chi connectivity index (χ0v) is 13.1. The standard InChI is InChI=1S/C13H22NO5P/c1-4-7-10-17-13(15)11-8-9-14-12(11)20(16,18-5-2)19-6-3/h8-9,14H,4-7,10H2,1-3H3. The van der Waals surface area contributed by atoms with Gasteiger partial charge in [0.15, 0.2) is 0 Å². The molecule has 1 N–H and O–H groups in total. The predicted molar refractivity (Wildman–Crippen MR) is 76.5 cm³/mol. The number of ether oxygens (including phenoxy) is 1. The van der Waals surface area contributed by atoms with E-state index in [1.807, 2.05) is 6.92 Å². The Kier molecular flexibility index (Phi) is 6.99. The lowest BCUT2D eigenvalue weighted by Gasteiger charge is -2.16. The molecule has 0 fully saturated rings. The van der Waals surface area contributed by atoms with Gasteiger partial charge in [0.2, 0.25) is 0 Å². The van der Waals surface area contributed by atoms with Gasteiger partial charge in [-0.3, -0.25) is 4.57 Å². The molecule has 0 amide bonds. The molecule has 6 nitrogen and oxygen atoms in total. The minimum Gasteiger partial charge on any atom is -0.462 e. The van der Waals surface area contributed by atoms with E-state index < -0.39 is 13.6 Å². The van der Waals surface area contributed by atoms with E-state index in [-0.39, 0.29) is 24.2 Å². The molecule has 1 rings (SSSR count). The summed E-state index contributed by atoms with van der Waals surface area (Å²) in [5.41, 5.74) is 0.356. The van der Waals surface area contributed by atoms with Crippen LogP contribution in [0.3, 0.4) is 0 Å². The maximum atomic E-state index is 12.6. The topological polar surface area (TPSA) is 77.6 Å². The average molecular weight is 303 g/mol. The van der Waals surface area contributed by atoms with Crippen LogP contribution in [0, 0.1) is 0 Å². The molecule has 0 aliphatic heterocycles. The quantitative estimate of drug-likeness (QED) is 0.431. The van der Waals surface area contributed by atoms with Crippen LogP contribution in [0.5, 0.6) is 0 Å². The Hall–Kier alpha value is -1.10. The fourth-order valence-electron chi connectivity index (χ4n) is 1.65. The Morgan fingerprint density at radius 1 is 1.25 bits per heavy atom. The molecule has 114 valence electrons. The summed E-state index contributed by atoms with van der Waals surface area (Å²) in [6, 6.07) is 1.52. The number of aromatic amines is 1. The van der Waals surface area contributed by atoms with Crippen molar-refractivity contribution in [1.29, 1.82) is 0 Å². The Bertz CT molecular complexity index is 461. The minimum atomic E-state index is -3.51. The van der Waals surface area contributed by atoms with Gasteiger partial charge in [0.1, 0.15) is 5.44 Å². The summed E-state index contributed by atoms with van der Waals surface area (Å²) in [5, 5.41) is 0. The third-order valence-electron chi connectivity index (χ3n) is 2.55. The first kappa shape index (κ1) is 17.0. The molecular formula is C13H22NO5P. The first-order valence-electron chi connectivity index (χ1n) is 6.83. The van der Waals surface area contributed by atoms with Gasteiger partial charge in [-0.15, -0.1) is 0 Å². The lowest BCUT2D eigenvalue weighted by atomic mass is 10.3. The number of rotatable bonds is 9. The van der Waals surface area contributed by atoms with Crippen molar-refractivity contribution in [3.63, 3.8) is 0 Å². The largest absolute Gasteiger partial charge is 0.462 e. The highest BCUT2D eigenvalue weighted by molar-refractivity contribution is 7.62. The van der Waals surface area contributed by atoms with Crippen LogP contribution in [0.15, 0.2) is 12.3 Å². The second-order valence-electron chi connectivity index (χ2n) is 4.06. The number of carbonyl (C=O) groups excluding carboxylic acids is 1. The summed E-state index contributed by atoms with van der Waals surface area (Å²) >= 11 is 0. The Morgan fingerprint density at radius 2 is 1.90 bits per heavy atom. The van der Waals surface area contributed by atoms with Crippen molar-refractivity contribution < 1.29 is 23.1 Å². The monoisotopic (exact) mass is 303 g/mol. The molecule has 0 atom stereocenters. The number of nitrogens with one attached hydrogen (secondary N) is 1. The zero-order chi connectivity index (χ0) is 15.0. The molecule has 0 saturated heterocycles. The van der Waals surface area contributed by atoms with Gasteiger partial charge < -0.3 is 18.8 Å². The predicted octanol–water partition coefficient (Wildman–Crippen LogP) is 2.86. The van der Waals surface area contributed by atoms with Crippen molar-refractivity contribution >= 4 is 19.0 Å². The van der Waals surface area contributed by atoms with Crippen LogP contribution >= 0.6 is 7.60 Å². The summed E-state index contributed by atoms with van der Waals surface area (Å²) in [5.74, 6) is -0.519. The summed E-state index contributed by atoms with van der Waals surface area (Å²) in [6.45, 7) is 6.23. The number of aromatic nitrogens is 1. The Labute approximate surface area is 119 Å². The van der Waals surface area contributed by atoms with Crippen molar-refractivity contribution in [2.75, 3.05) is 19.8 Å². The van der Waals surface area contributed by atoms with Gasteiger partial charge in [0, 0.05) is 6.20 Å². The molecule has 1 aromatic rings. The molecule has 0 aliphatic carbocycles. The number of hydrogen-bond acceptors (Lipinski definition) is 5. The molecule has 0 aliphatic rings. The van der Waals surface area contributed by atoms with E-state index in [0.29, 0.717) is 6.61 Å². The molecule has 0 aromatic carbocycles. The van der Waals surface area contributed by atoms with Gasteiger partial charge in [0.05, 0.1) is 25.4 Å². The third kappa shape index (κ3) is 4.20. The number of hydrogen-bond donors (Lipinski definition) is 1. The minimum absolute atomic E-state index is 0.155. The number of H-pyrrole nitrogens is 1. The van der Waals surface area contributed by atoms with Crippen LogP contribution < -0.4 is 5.44 Å². The van der Waals surface area contributed by atoms with Crippen molar-refractivity contribution in [2.45, 2.75) is 33.6 Å². The smallest absolute Gasteiger partial charge is 0.378 e. The summed E-state index contributed by atoms with van der Waals surface area (Å²) < 4.78 is 28.2. The molecule has 1 aromatic heterocycles. The Morgan fingerprint density at radius 3 is 2.45 bits per heavy atom. The molecule has 1 heterocycles. The van der Waals surface area contributed by atoms with E-state index >= 15 is 0 Å². The Balaban J connectivity index is 2.93. The van der Waals surface area contributed by atoms with Gasteiger partial charge in [-0.05, 0) is 26.3 Å². The lowest BCUT2D eigenvalue weighted by molar-refractivity contribution is 0.0500. The molecule has 0 unspecified atom stereocenters. The van der Waals surface area contributed by atoms with E-state index in [9.17, 15) is 9.36 Å². The first-order chi connectivity index (χ1) is 9.59. The van der Waals surface area contributed by atoms with E-state index in [0.717, 1.165) is 12.8 Å². The zero-order valence-electron chi connectivity index (χ0n) is 12.2. The fraction of sp³-hybridized carbons (Fsp3) is 0.615. The van der Waals surface area contributed by atoms with E-state index in [4.69, 9.17) is 13.8 Å². The summed E-state index contributed by atoms with van der Waals surface area (Å²) in [4.78, 5) is 14.8. The molecule has 0 radical (unpaired) electrons. The average Bonchev–Trinajstić information content (AvgIpc) is 2.89. The molecule has 0 bridgehead atoms. The van der Waals surface area contributed by atoms with Crippen LogP contribution in [-0.4, -0.2) is 30.8 Å². The highest BCUT2D eigenvalue weighted by atomic mass is 31.2. The number of carbonyl (C=O) groups is 1. The van der Waals surface area contributed by atoms with Crippen LogP contribution in [-0.2, 0) is 18.3 Å². The van der Waals surface area contributed by atoms with Crippen LogP contribution in [0.25, 0.3) is 0 Å². The van der Waals surface area contributed by atoms with Crippen molar-refractivity contribution in [1.82, 2.24) is 4.98 Å². The van der Waals surface area contributed by atoms with E-state index in [2.05, 4.69) is 4.98 Å². The maximum absolute atomic E-state index is 12.6. The van der Waals surface area contributed by atoms with Gasteiger partial charge >= 0.3 is 13.6 Å². The molecule has 20 heavy (non-hydrogen) atoms. The van der Waals surface area contributed by atoms with Gasteiger partial charge in [-0.25, -0.2) is 4.79 Å². The number of esters is 1. The van der Waals surface area contributed by atoms with Crippen molar-refractivity contribution in [2.24, 2.45) is 0 Å². The lowest BCUT2D eigenvalue weighted by Crippen LogP contribution is -2.20. The van der Waals surface area contributed by atoms with E-state index in [1.54, 1.807) is 13.8 Å². The second-order valence-corrected chi connectivity index (χ2v) is 6.02. The third-order valence-corrected chi connectivity index (χ3v) is 4.66. The summed E-state index contributed by atoms with van der Waals surface area (Å²) in [7, 11) is -3.51. The highest BCUT2D eigenvalue weighted by Gasteiger charge is 2.33. The highest BCUT2D eigenvalue weighted by Crippen LogP contribution is 2.47.